The van der Waals surface area contributed by atoms with Crippen molar-refractivity contribution in [3.63, 3.8) is 0 Å². The third-order valence-electron chi connectivity index (χ3n) is 2.88. The lowest BCUT2D eigenvalue weighted by Gasteiger charge is -2.18. The molecule has 1 unspecified atom stereocenters. The molecule has 0 fully saturated rings. The number of nitrogens with one attached hydrogen (secondary N) is 1. The van der Waals surface area contributed by atoms with Gasteiger partial charge in [0.25, 0.3) is 0 Å². The number of hydrogen-bond acceptors (Lipinski definition) is 4. The average Bonchev–Trinajstić information content (AvgIpc) is 2.76. The maximum Gasteiger partial charge on any atom is 0.0897 e. The fourth-order valence-corrected chi connectivity index (χ4v) is 3.27. The molecule has 3 N–H and O–H groups in total. The predicted octanol–water partition coefficient (Wildman–Crippen LogP) is 3.11. The Kier molecular flexibility index (Phi) is 4.71. The Morgan fingerprint density at radius 3 is 2.83 bits per heavy atom. The van der Waals surface area contributed by atoms with E-state index in [1.165, 1.54) is 14.7 Å². The van der Waals surface area contributed by atoms with Gasteiger partial charge in [0.05, 0.1) is 16.7 Å². The van der Waals surface area contributed by atoms with E-state index in [0.29, 0.717) is 0 Å². The Hall–Kier alpha value is -0.500. The van der Waals surface area contributed by atoms with E-state index in [1.807, 2.05) is 6.92 Å². The van der Waals surface area contributed by atoms with Gasteiger partial charge >= 0.3 is 0 Å². The van der Waals surface area contributed by atoms with Crippen LogP contribution in [0.4, 0.5) is 0 Å². The average molecular weight is 373 g/mol. The van der Waals surface area contributed by atoms with Crippen LogP contribution in [0.2, 0.25) is 0 Å². The first kappa shape index (κ1) is 13.9. The zero-order valence-corrected chi connectivity index (χ0v) is 13.4. The summed E-state index contributed by atoms with van der Waals surface area (Å²) in [6, 6.07) is 6.42. The van der Waals surface area contributed by atoms with Crippen LogP contribution >= 0.6 is 33.9 Å². The summed E-state index contributed by atoms with van der Waals surface area (Å²) >= 11 is 4.06. The summed E-state index contributed by atoms with van der Waals surface area (Å²) in [5.74, 6) is 5.70. The van der Waals surface area contributed by atoms with Gasteiger partial charge in [0, 0.05) is 15.4 Å². The molecule has 0 saturated heterocycles. The highest BCUT2D eigenvalue weighted by Gasteiger charge is 2.15. The van der Waals surface area contributed by atoms with Crippen LogP contribution in [0.3, 0.4) is 0 Å². The van der Waals surface area contributed by atoms with Crippen LogP contribution in [-0.4, -0.2) is 4.98 Å². The molecule has 96 valence electrons. The smallest absolute Gasteiger partial charge is 0.0897 e. The Morgan fingerprint density at radius 2 is 2.22 bits per heavy atom. The van der Waals surface area contributed by atoms with Crippen LogP contribution in [0, 0.1) is 17.4 Å². The van der Waals surface area contributed by atoms with Crippen molar-refractivity contribution in [1.82, 2.24) is 10.4 Å². The molecule has 0 amide bonds. The third-order valence-corrected chi connectivity index (χ3v) is 5.17. The van der Waals surface area contributed by atoms with Gasteiger partial charge in [-0.15, -0.1) is 11.3 Å². The van der Waals surface area contributed by atoms with Crippen molar-refractivity contribution >= 4 is 33.9 Å². The molecule has 1 aromatic carbocycles. The maximum atomic E-state index is 5.70. The summed E-state index contributed by atoms with van der Waals surface area (Å²) in [4.78, 5) is 4.50. The molecule has 1 atom stereocenters. The lowest BCUT2D eigenvalue weighted by atomic mass is 10.0. The van der Waals surface area contributed by atoms with Crippen molar-refractivity contribution in [2.24, 2.45) is 5.84 Å². The highest BCUT2D eigenvalue weighted by atomic mass is 127. The number of aromatic nitrogens is 1. The van der Waals surface area contributed by atoms with E-state index < -0.39 is 0 Å². The summed E-state index contributed by atoms with van der Waals surface area (Å²) in [5.41, 5.74) is 6.52. The van der Waals surface area contributed by atoms with Crippen molar-refractivity contribution in [3.05, 3.63) is 49.0 Å². The molecule has 0 spiro atoms. The minimum absolute atomic E-state index is 0.110. The number of thiazole rings is 1. The van der Waals surface area contributed by atoms with Crippen molar-refractivity contribution in [2.45, 2.75) is 26.3 Å². The van der Waals surface area contributed by atoms with Gasteiger partial charge in [-0.3, -0.25) is 11.3 Å². The molecule has 1 aromatic heterocycles. The first-order chi connectivity index (χ1) is 8.61. The van der Waals surface area contributed by atoms with E-state index >= 15 is 0 Å². The molecule has 0 aliphatic rings. The number of hydrazine groups is 1. The highest BCUT2D eigenvalue weighted by Crippen LogP contribution is 2.25. The number of rotatable bonds is 4. The van der Waals surface area contributed by atoms with Gasteiger partial charge in [-0.1, -0.05) is 18.2 Å². The summed E-state index contributed by atoms with van der Waals surface area (Å²) in [5, 5.41) is 3.20. The Bertz CT molecular complexity index is 539. The maximum absolute atomic E-state index is 5.70. The first-order valence-electron chi connectivity index (χ1n) is 5.74. The molecular weight excluding hydrogens is 357 g/mol. The zero-order chi connectivity index (χ0) is 13.1. The fourth-order valence-electron chi connectivity index (χ4n) is 1.91. The molecule has 2 rings (SSSR count). The van der Waals surface area contributed by atoms with Crippen molar-refractivity contribution in [2.75, 3.05) is 0 Å². The van der Waals surface area contributed by atoms with Crippen molar-refractivity contribution in [3.8, 4) is 0 Å². The van der Waals surface area contributed by atoms with Gasteiger partial charge in [-0.05, 0) is 47.6 Å². The first-order valence-corrected chi connectivity index (χ1v) is 7.69. The Morgan fingerprint density at radius 1 is 1.44 bits per heavy atom. The Balaban J connectivity index is 2.25. The quantitative estimate of drug-likeness (QED) is 0.492. The van der Waals surface area contributed by atoms with Crippen LogP contribution in [0.1, 0.15) is 27.9 Å². The molecule has 0 radical (unpaired) electrons. The van der Waals surface area contributed by atoms with Gasteiger partial charge in [0.15, 0.2) is 0 Å². The van der Waals surface area contributed by atoms with Crippen LogP contribution in [0.5, 0.6) is 0 Å². The van der Waals surface area contributed by atoms with Gasteiger partial charge < -0.3 is 0 Å². The molecule has 0 bridgehead atoms. The van der Waals surface area contributed by atoms with Crippen LogP contribution < -0.4 is 11.3 Å². The SMILES string of the molecule is Cc1nc(CC(NN)c2cccc(C)c2I)cs1. The predicted molar refractivity (Wildman–Crippen MR) is 84.5 cm³/mol. The van der Waals surface area contributed by atoms with E-state index in [2.05, 4.69) is 63.5 Å². The third kappa shape index (κ3) is 3.09. The standard InChI is InChI=1S/C13H16IN3S/c1-8-4-3-5-11(13(8)14)12(17-15)6-10-7-18-9(2)16-10/h3-5,7,12,17H,6,15H2,1-2H3. The van der Waals surface area contributed by atoms with Gasteiger partial charge in [-0.2, -0.15) is 0 Å². The number of nitrogens with two attached hydrogens (primary N) is 1. The fraction of sp³-hybridized carbons (Fsp3) is 0.308. The number of halogens is 1. The second-order valence-electron chi connectivity index (χ2n) is 4.26. The number of nitrogens with zero attached hydrogens (tertiary/aromatic N) is 1. The van der Waals surface area contributed by atoms with E-state index in [9.17, 15) is 0 Å². The molecule has 0 aliphatic carbocycles. The summed E-state index contributed by atoms with van der Waals surface area (Å²) in [7, 11) is 0. The molecule has 0 aliphatic heterocycles. The minimum atomic E-state index is 0.110. The van der Waals surface area contributed by atoms with E-state index in [0.717, 1.165) is 17.1 Å². The summed E-state index contributed by atoms with van der Waals surface area (Å²) < 4.78 is 1.27. The van der Waals surface area contributed by atoms with Gasteiger partial charge in [-0.25, -0.2) is 4.98 Å². The lowest BCUT2D eigenvalue weighted by molar-refractivity contribution is 0.544. The molecule has 5 heteroatoms. The number of hydrogen-bond donors (Lipinski definition) is 2. The van der Waals surface area contributed by atoms with Gasteiger partial charge in [0.1, 0.15) is 0 Å². The minimum Gasteiger partial charge on any atom is -0.271 e. The summed E-state index contributed by atoms with van der Waals surface area (Å²) in [6.45, 7) is 4.14. The van der Waals surface area contributed by atoms with Crippen LogP contribution in [0.25, 0.3) is 0 Å². The zero-order valence-electron chi connectivity index (χ0n) is 10.4. The van der Waals surface area contributed by atoms with Crippen molar-refractivity contribution in [1.29, 1.82) is 0 Å². The molecule has 0 saturated carbocycles. The topological polar surface area (TPSA) is 50.9 Å². The van der Waals surface area contributed by atoms with Crippen LogP contribution in [-0.2, 0) is 6.42 Å². The number of aryl methyl sites for hydroxylation is 2. The highest BCUT2D eigenvalue weighted by molar-refractivity contribution is 14.1. The second-order valence-corrected chi connectivity index (χ2v) is 6.40. The molecule has 1 heterocycles. The second kappa shape index (κ2) is 6.10. The van der Waals surface area contributed by atoms with Crippen molar-refractivity contribution < 1.29 is 0 Å². The lowest BCUT2D eigenvalue weighted by Crippen LogP contribution is -2.30. The Labute approximate surface area is 125 Å². The largest absolute Gasteiger partial charge is 0.271 e. The number of benzene rings is 1. The summed E-state index contributed by atoms with van der Waals surface area (Å²) in [6.07, 6.45) is 0.820. The molecular formula is C13H16IN3S. The van der Waals surface area contributed by atoms with E-state index in [4.69, 9.17) is 5.84 Å². The van der Waals surface area contributed by atoms with E-state index in [-0.39, 0.29) is 6.04 Å². The van der Waals surface area contributed by atoms with E-state index in [1.54, 1.807) is 11.3 Å². The van der Waals surface area contributed by atoms with Crippen LogP contribution in [0.15, 0.2) is 23.6 Å². The monoisotopic (exact) mass is 373 g/mol. The normalized spacial score (nSPS) is 12.7. The van der Waals surface area contributed by atoms with Gasteiger partial charge in [0.2, 0.25) is 0 Å². The molecule has 18 heavy (non-hydrogen) atoms. The molecule has 3 nitrogen and oxygen atoms in total. The molecule has 2 aromatic rings.